The van der Waals surface area contributed by atoms with Crippen molar-refractivity contribution < 1.29 is 18.2 Å². The molecule has 1 aromatic rings. The summed E-state index contributed by atoms with van der Waals surface area (Å²) in [6.07, 6.45) is 4.72. The van der Waals surface area contributed by atoms with Gasteiger partial charge in [-0.1, -0.05) is 11.6 Å². The van der Waals surface area contributed by atoms with Gasteiger partial charge in [-0.3, -0.25) is 0 Å². The summed E-state index contributed by atoms with van der Waals surface area (Å²) in [4.78, 5) is 4.51. The third kappa shape index (κ3) is 2.53. The van der Waals surface area contributed by atoms with Crippen LogP contribution in [0.4, 0.5) is 4.39 Å². The largest absolute Gasteiger partial charge is 0.525 e. The fourth-order valence-corrected chi connectivity index (χ4v) is 3.26. The van der Waals surface area contributed by atoms with E-state index in [2.05, 4.69) is 10.1 Å². The number of hydrogen-bond donors (Lipinski definition) is 0. The lowest BCUT2D eigenvalue weighted by atomic mass is 9.72. The maximum Gasteiger partial charge on any atom is 0.525 e. The molecule has 0 amide bonds. The van der Waals surface area contributed by atoms with Gasteiger partial charge in [-0.05, 0) is 59.0 Å². The van der Waals surface area contributed by atoms with Crippen LogP contribution in [0.1, 0.15) is 83.3 Å². The molecule has 0 bridgehead atoms. The Morgan fingerprint density at radius 2 is 1.71 bits per heavy atom. The van der Waals surface area contributed by atoms with Gasteiger partial charge in [-0.2, -0.15) is 4.98 Å². The van der Waals surface area contributed by atoms with Crippen molar-refractivity contribution in [3.63, 3.8) is 0 Å². The van der Waals surface area contributed by atoms with E-state index in [1.54, 1.807) is 0 Å². The number of halogens is 1. The molecule has 24 heavy (non-hydrogen) atoms. The first kappa shape index (κ1) is 16.3. The Morgan fingerprint density at radius 3 is 2.25 bits per heavy atom. The van der Waals surface area contributed by atoms with Crippen molar-refractivity contribution in [1.29, 1.82) is 0 Å². The van der Waals surface area contributed by atoms with Crippen LogP contribution in [0.2, 0.25) is 0 Å². The molecule has 7 heteroatoms. The molecule has 2 heterocycles. The molecule has 3 aliphatic rings. The van der Waals surface area contributed by atoms with Crippen LogP contribution in [-0.2, 0) is 9.31 Å². The third-order valence-electron chi connectivity index (χ3n) is 6.06. The Labute approximate surface area is 142 Å². The summed E-state index contributed by atoms with van der Waals surface area (Å²) < 4.78 is 31.6. The predicted molar refractivity (Wildman–Crippen MR) is 87.1 cm³/mol. The first-order chi connectivity index (χ1) is 11.3. The minimum Gasteiger partial charge on any atom is -0.398 e. The molecule has 0 unspecified atom stereocenters. The third-order valence-corrected chi connectivity index (χ3v) is 6.06. The zero-order valence-corrected chi connectivity index (χ0v) is 14.8. The zero-order valence-electron chi connectivity index (χ0n) is 14.8. The van der Waals surface area contributed by atoms with Crippen molar-refractivity contribution in [2.75, 3.05) is 0 Å². The predicted octanol–water partition coefficient (Wildman–Crippen LogP) is 4.07. The van der Waals surface area contributed by atoms with Crippen molar-refractivity contribution >= 4 is 7.12 Å². The van der Waals surface area contributed by atoms with Crippen molar-refractivity contribution in [3.8, 4) is 0 Å². The van der Waals surface area contributed by atoms with E-state index >= 15 is 0 Å². The van der Waals surface area contributed by atoms with Crippen LogP contribution in [0.15, 0.2) is 15.8 Å². The highest BCUT2D eigenvalue weighted by Crippen LogP contribution is 2.46. The summed E-state index contributed by atoms with van der Waals surface area (Å²) in [5.41, 5.74) is -0.588. The minimum absolute atomic E-state index is 0.144. The fourth-order valence-electron chi connectivity index (χ4n) is 3.26. The number of allylic oxidation sites excluding steroid dienone is 1. The molecule has 3 fully saturated rings. The first-order valence-corrected chi connectivity index (χ1v) is 8.83. The van der Waals surface area contributed by atoms with Crippen molar-refractivity contribution in [3.05, 3.63) is 23.0 Å². The van der Waals surface area contributed by atoms with Crippen LogP contribution in [0.5, 0.6) is 0 Å². The molecule has 2 saturated carbocycles. The molecule has 1 aromatic heterocycles. The molecule has 2 aliphatic carbocycles. The summed E-state index contributed by atoms with van der Waals surface area (Å²) in [6.45, 7) is 7.71. The normalized spacial score (nSPS) is 28.6. The topological polar surface area (TPSA) is 57.4 Å². The van der Waals surface area contributed by atoms with E-state index in [0.29, 0.717) is 24.6 Å². The highest BCUT2D eigenvalue weighted by atomic mass is 19.1. The molecule has 1 aliphatic heterocycles. The quantitative estimate of drug-likeness (QED) is 0.780. The molecule has 0 N–H and O–H groups in total. The van der Waals surface area contributed by atoms with Gasteiger partial charge in [0.1, 0.15) is 5.73 Å². The Kier molecular flexibility index (Phi) is 3.66. The number of aromatic nitrogens is 2. The number of rotatable bonds is 3. The fraction of sp³-hybridized carbons (Fsp3) is 0.765. The van der Waals surface area contributed by atoms with E-state index in [-0.39, 0.29) is 11.6 Å². The second-order valence-electron chi connectivity index (χ2n) is 8.26. The van der Waals surface area contributed by atoms with Crippen molar-refractivity contribution in [1.82, 2.24) is 10.1 Å². The molecule has 130 valence electrons. The SMILES string of the molecule is CC1(C)OB(C(F)=C2CC(c3noc(C4CCC4)n3)C2)OC1(C)C. The molecule has 0 aromatic carbocycles. The van der Waals surface area contributed by atoms with E-state index in [1.165, 1.54) is 6.42 Å². The lowest BCUT2D eigenvalue weighted by Crippen LogP contribution is -2.41. The van der Waals surface area contributed by atoms with Crippen LogP contribution in [0.3, 0.4) is 0 Å². The molecule has 0 spiro atoms. The van der Waals surface area contributed by atoms with Gasteiger partial charge in [0.15, 0.2) is 5.82 Å². The smallest absolute Gasteiger partial charge is 0.398 e. The van der Waals surface area contributed by atoms with E-state index in [0.717, 1.165) is 24.3 Å². The first-order valence-electron chi connectivity index (χ1n) is 8.83. The van der Waals surface area contributed by atoms with Crippen molar-refractivity contribution in [2.45, 2.75) is 82.8 Å². The number of nitrogens with zero attached hydrogens (tertiary/aromatic N) is 2. The summed E-state index contributed by atoms with van der Waals surface area (Å²) in [6, 6.07) is 0. The zero-order chi connectivity index (χ0) is 17.1. The second-order valence-corrected chi connectivity index (χ2v) is 8.26. The Hall–Kier alpha value is -1.21. The van der Waals surface area contributed by atoms with Gasteiger partial charge in [-0.15, -0.1) is 0 Å². The molecular weight excluding hydrogens is 310 g/mol. The van der Waals surface area contributed by atoms with E-state index < -0.39 is 18.3 Å². The summed E-state index contributed by atoms with van der Waals surface area (Å²) in [5.74, 6) is 2.04. The van der Waals surface area contributed by atoms with Crippen LogP contribution in [0.25, 0.3) is 0 Å². The lowest BCUT2D eigenvalue weighted by molar-refractivity contribution is 0.00578. The maximum atomic E-state index is 14.7. The van der Waals surface area contributed by atoms with Gasteiger partial charge in [0.25, 0.3) is 0 Å². The van der Waals surface area contributed by atoms with Crippen LogP contribution in [-0.4, -0.2) is 28.5 Å². The van der Waals surface area contributed by atoms with E-state index in [4.69, 9.17) is 13.8 Å². The highest BCUT2D eigenvalue weighted by Gasteiger charge is 2.54. The molecule has 5 nitrogen and oxygen atoms in total. The monoisotopic (exact) mass is 334 g/mol. The van der Waals surface area contributed by atoms with Gasteiger partial charge in [0.2, 0.25) is 5.89 Å². The summed E-state index contributed by atoms with van der Waals surface area (Å²) in [7, 11) is -0.901. The lowest BCUT2D eigenvalue weighted by Gasteiger charge is -2.32. The average molecular weight is 334 g/mol. The van der Waals surface area contributed by atoms with Gasteiger partial charge in [0, 0.05) is 11.8 Å². The van der Waals surface area contributed by atoms with Gasteiger partial charge in [-0.25, -0.2) is 4.39 Å². The van der Waals surface area contributed by atoms with E-state index in [9.17, 15) is 4.39 Å². The average Bonchev–Trinajstić information content (AvgIpc) is 2.89. The van der Waals surface area contributed by atoms with Crippen LogP contribution in [0, 0.1) is 0 Å². The van der Waals surface area contributed by atoms with Crippen LogP contribution < -0.4 is 0 Å². The van der Waals surface area contributed by atoms with Gasteiger partial charge >= 0.3 is 7.12 Å². The second kappa shape index (κ2) is 5.40. The molecule has 1 saturated heterocycles. The van der Waals surface area contributed by atoms with E-state index in [1.807, 2.05) is 27.7 Å². The molecule has 0 atom stereocenters. The number of hydrogen-bond acceptors (Lipinski definition) is 5. The maximum absolute atomic E-state index is 14.7. The summed E-state index contributed by atoms with van der Waals surface area (Å²) >= 11 is 0. The van der Waals surface area contributed by atoms with Gasteiger partial charge in [0.05, 0.1) is 11.2 Å². The Balaban J connectivity index is 1.41. The van der Waals surface area contributed by atoms with Gasteiger partial charge < -0.3 is 13.8 Å². The highest BCUT2D eigenvalue weighted by molar-refractivity contribution is 6.53. The van der Waals surface area contributed by atoms with Crippen molar-refractivity contribution in [2.24, 2.45) is 0 Å². The Morgan fingerprint density at radius 1 is 1.08 bits per heavy atom. The molecule has 0 radical (unpaired) electrons. The molecular formula is C17H24BFN2O3. The standard InChI is InChI=1S/C17H24BFN2O3/c1-16(2)17(3,4)24-18(23-16)13(19)11-8-12(9-11)14-20-15(22-21-14)10-6-5-7-10/h10,12H,5-9H2,1-4H3. The summed E-state index contributed by atoms with van der Waals surface area (Å²) in [5, 5.41) is 4.08. The minimum atomic E-state index is -0.901. The Bertz CT molecular complexity index is 657. The van der Waals surface area contributed by atoms with Crippen LogP contribution >= 0.6 is 0 Å². The molecule has 4 rings (SSSR count).